The van der Waals surface area contributed by atoms with Crippen molar-refractivity contribution in [1.29, 1.82) is 5.26 Å². The van der Waals surface area contributed by atoms with Gasteiger partial charge in [-0.15, -0.1) is 0 Å². The zero-order valence-electron chi connectivity index (χ0n) is 12.6. The third-order valence-corrected chi connectivity index (χ3v) is 4.39. The SMILES string of the molecule is CC(C)CC1(CNc2cccc(C#N)c2N)CCCC1. The summed E-state index contributed by atoms with van der Waals surface area (Å²) in [5, 5.41) is 12.5. The molecule has 0 bridgehead atoms. The molecule has 0 amide bonds. The summed E-state index contributed by atoms with van der Waals surface area (Å²) in [6.07, 6.45) is 6.54. The monoisotopic (exact) mass is 271 g/mol. The van der Waals surface area contributed by atoms with E-state index in [0.29, 0.717) is 16.7 Å². The van der Waals surface area contributed by atoms with Gasteiger partial charge in [-0.2, -0.15) is 5.26 Å². The first-order valence-corrected chi connectivity index (χ1v) is 7.59. The largest absolute Gasteiger partial charge is 0.396 e. The highest BCUT2D eigenvalue weighted by molar-refractivity contribution is 5.72. The van der Waals surface area contributed by atoms with Gasteiger partial charge in [-0.05, 0) is 42.7 Å². The minimum absolute atomic E-state index is 0.406. The van der Waals surface area contributed by atoms with Crippen molar-refractivity contribution in [2.24, 2.45) is 11.3 Å². The lowest BCUT2D eigenvalue weighted by Gasteiger charge is -2.32. The van der Waals surface area contributed by atoms with E-state index in [1.807, 2.05) is 12.1 Å². The molecule has 1 aliphatic carbocycles. The molecule has 1 aromatic carbocycles. The van der Waals surface area contributed by atoms with Crippen molar-refractivity contribution in [1.82, 2.24) is 0 Å². The highest BCUT2D eigenvalue weighted by Crippen LogP contribution is 2.43. The summed E-state index contributed by atoms with van der Waals surface area (Å²) in [7, 11) is 0. The number of nitriles is 1. The van der Waals surface area contributed by atoms with Crippen LogP contribution < -0.4 is 11.1 Å². The number of hydrogen-bond acceptors (Lipinski definition) is 3. The summed E-state index contributed by atoms with van der Waals surface area (Å²) in [6.45, 7) is 5.56. The minimum atomic E-state index is 0.406. The zero-order valence-corrected chi connectivity index (χ0v) is 12.6. The fourth-order valence-electron chi connectivity index (χ4n) is 3.54. The van der Waals surface area contributed by atoms with Gasteiger partial charge in [-0.3, -0.25) is 0 Å². The lowest BCUT2D eigenvalue weighted by atomic mass is 9.78. The van der Waals surface area contributed by atoms with Gasteiger partial charge in [0.1, 0.15) is 6.07 Å². The van der Waals surface area contributed by atoms with E-state index in [1.54, 1.807) is 6.07 Å². The van der Waals surface area contributed by atoms with E-state index < -0.39 is 0 Å². The predicted octanol–water partition coefficient (Wildman–Crippen LogP) is 4.16. The van der Waals surface area contributed by atoms with Crippen molar-refractivity contribution >= 4 is 11.4 Å². The number of nitrogens with one attached hydrogen (secondary N) is 1. The molecule has 20 heavy (non-hydrogen) atoms. The molecule has 3 nitrogen and oxygen atoms in total. The zero-order chi connectivity index (χ0) is 14.6. The summed E-state index contributed by atoms with van der Waals surface area (Å²) >= 11 is 0. The summed E-state index contributed by atoms with van der Waals surface area (Å²) in [4.78, 5) is 0. The fourth-order valence-corrected chi connectivity index (χ4v) is 3.54. The summed E-state index contributed by atoms with van der Waals surface area (Å²) < 4.78 is 0. The van der Waals surface area contributed by atoms with Gasteiger partial charge in [-0.25, -0.2) is 0 Å². The number of para-hydroxylation sites is 1. The molecule has 0 saturated heterocycles. The average Bonchev–Trinajstić information content (AvgIpc) is 2.85. The van der Waals surface area contributed by atoms with Crippen molar-refractivity contribution in [2.75, 3.05) is 17.6 Å². The Bertz CT molecular complexity index is 493. The molecule has 1 fully saturated rings. The van der Waals surface area contributed by atoms with Crippen LogP contribution in [0.4, 0.5) is 11.4 Å². The number of nitrogens with zero attached hydrogens (tertiary/aromatic N) is 1. The lowest BCUT2D eigenvalue weighted by molar-refractivity contribution is 0.252. The molecular formula is C17H25N3. The Labute approximate surface area is 122 Å². The van der Waals surface area contributed by atoms with Crippen LogP contribution in [0.1, 0.15) is 51.5 Å². The van der Waals surface area contributed by atoms with Crippen molar-refractivity contribution in [3.05, 3.63) is 23.8 Å². The Morgan fingerprint density at radius 3 is 2.65 bits per heavy atom. The molecule has 0 unspecified atom stereocenters. The molecule has 1 saturated carbocycles. The maximum Gasteiger partial charge on any atom is 0.101 e. The summed E-state index contributed by atoms with van der Waals surface area (Å²) in [5.41, 5.74) is 8.48. The normalized spacial score (nSPS) is 17.1. The van der Waals surface area contributed by atoms with Crippen LogP contribution in [0.15, 0.2) is 18.2 Å². The van der Waals surface area contributed by atoms with Crippen molar-refractivity contribution < 1.29 is 0 Å². The third-order valence-electron chi connectivity index (χ3n) is 4.39. The van der Waals surface area contributed by atoms with Crippen LogP contribution in [0.2, 0.25) is 0 Å². The van der Waals surface area contributed by atoms with Gasteiger partial charge < -0.3 is 11.1 Å². The van der Waals surface area contributed by atoms with E-state index in [9.17, 15) is 0 Å². The average molecular weight is 271 g/mol. The van der Waals surface area contributed by atoms with Crippen molar-refractivity contribution in [3.8, 4) is 6.07 Å². The number of nitrogen functional groups attached to an aromatic ring is 1. The van der Waals surface area contributed by atoms with Gasteiger partial charge in [0.05, 0.1) is 16.9 Å². The predicted molar refractivity (Wildman–Crippen MR) is 84.4 cm³/mol. The van der Waals surface area contributed by atoms with Gasteiger partial charge in [0.2, 0.25) is 0 Å². The summed E-state index contributed by atoms with van der Waals surface area (Å²) in [6, 6.07) is 7.76. The first kappa shape index (κ1) is 14.7. The van der Waals surface area contributed by atoms with Gasteiger partial charge in [0, 0.05) is 6.54 Å². The van der Waals surface area contributed by atoms with Crippen LogP contribution >= 0.6 is 0 Å². The topological polar surface area (TPSA) is 61.8 Å². The van der Waals surface area contributed by atoms with Crippen LogP contribution in [-0.4, -0.2) is 6.54 Å². The maximum atomic E-state index is 9.03. The van der Waals surface area contributed by atoms with E-state index in [-0.39, 0.29) is 0 Å². The molecule has 3 heteroatoms. The second-order valence-electron chi connectivity index (χ2n) is 6.54. The molecule has 3 N–H and O–H groups in total. The molecule has 0 atom stereocenters. The molecule has 0 aliphatic heterocycles. The van der Waals surface area contributed by atoms with Crippen LogP contribution in [0.25, 0.3) is 0 Å². The lowest BCUT2D eigenvalue weighted by Crippen LogP contribution is -2.28. The van der Waals surface area contributed by atoms with E-state index in [2.05, 4.69) is 25.2 Å². The van der Waals surface area contributed by atoms with E-state index >= 15 is 0 Å². The van der Waals surface area contributed by atoms with Gasteiger partial charge in [0.15, 0.2) is 0 Å². The molecule has 2 rings (SSSR count). The Kier molecular flexibility index (Phi) is 4.54. The molecule has 1 aliphatic rings. The Balaban J connectivity index is 2.09. The Hall–Kier alpha value is -1.69. The molecule has 0 heterocycles. The number of anilines is 2. The molecule has 0 aromatic heterocycles. The van der Waals surface area contributed by atoms with Crippen LogP contribution in [-0.2, 0) is 0 Å². The molecule has 0 radical (unpaired) electrons. The Morgan fingerprint density at radius 1 is 1.35 bits per heavy atom. The third kappa shape index (κ3) is 3.25. The molecular weight excluding hydrogens is 246 g/mol. The van der Waals surface area contributed by atoms with Crippen molar-refractivity contribution in [2.45, 2.75) is 46.0 Å². The second-order valence-corrected chi connectivity index (χ2v) is 6.54. The number of benzene rings is 1. The Morgan fingerprint density at radius 2 is 2.05 bits per heavy atom. The number of nitrogens with two attached hydrogens (primary N) is 1. The van der Waals surface area contributed by atoms with E-state index in [4.69, 9.17) is 11.0 Å². The van der Waals surface area contributed by atoms with Gasteiger partial charge >= 0.3 is 0 Å². The quantitative estimate of drug-likeness (QED) is 0.790. The smallest absolute Gasteiger partial charge is 0.101 e. The van der Waals surface area contributed by atoms with Crippen LogP contribution in [0.3, 0.4) is 0 Å². The van der Waals surface area contributed by atoms with Crippen LogP contribution in [0, 0.1) is 22.7 Å². The molecule has 108 valence electrons. The van der Waals surface area contributed by atoms with Crippen molar-refractivity contribution in [3.63, 3.8) is 0 Å². The molecule has 0 spiro atoms. The van der Waals surface area contributed by atoms with E-state index in [0.717, 1.165) is 18.2 Å². The van der Waals surface area contributed by atoms with Gasteiger partial charge in [0.25, 0.3) is 0 Å². The molecule has 1 aromatic rings. The highest BCUT2D eigenvalue weighted by Gasteiger charge is 2.34. The van der Waals surface area contributed by atoms with E-state index in [1.165, 1.54) is 32.1 Å². The highest BCUT2D eigenvalue weighted by atomic mass is 14.9. The summed E-state index contributed by atoms with van der Waals surface area (Å²) in [5.74, 6) is 0.720. The number of hydrogen-bond donors (Lipinski definition) is 2. The number of rotatable bonds is 5. The maximum absolute atomic E-state index is 9.03. The second kappa shape index (κ2) is 6.17. The minimum Gasteiger partial charge on any atom is -0.396 e. The first-order valence-electron chi connectivity index (χ1n) is 7.59. The van der Waals surface area contributed by atoms with Crippen LogP contribution in [0.5, 0.6) is 0 Å². The fraction of sp³-hybridized carbons (Fsp3) is 0.588. The first-order chi connectivity index (χ1) is 9.56. The van der Waals surface area contributed by atoms with Gasteiger partial charge in [-0.1, -0.05) is 32.8 Å². The standard InChI is InChI=1S/C17H25N3/c1-13(2)10-17(8-3-4-9-17)12-20-15-7-5-6-14(11-18)16(15)19/h5-7,13,20H,3-4,8-10,12,19H2,1-2H3.